The Balaban J connectivity index is 1.32. The SMILES string of the molecule is Nc1nccc(-c2ccc(C(=O)Nc3nc4c(Cl)cc(CN5CCOCC5)cc4s3)s2)n1. The number of morpholine rings is 1. The summed E-state index contributed by atoms with van der Waals surface area (Å²) in [5.74, 6) is -0.0340. The van der Waals surface area contributed by atoms with Crippen LogP contribution in [0.25, 0.3) is 20.8 Å². The molecule has 4 heterocycles. The van der Waals surface area contributed by atoms with Crippen LogP contribution in [-0.2, 0) is 11.3 Å². The molecule has 0 unspecified atom stereocenters. The molecule has 0 radical (unpaired) electrons. The fraction of sp³-hybridized carbons (Fsp3) is 0.238. The summed E-state index contributed by atoms with van der Waals surface area (Å²) in [6.45, 7) is 4.13. The Morgan fingerprint density at radius 2 is 2.03 bits per heavy atom. The summed E-state index contributed by atoms with van der Waals surface area (Å²) in [4.78, 5) is 29.1. The van der Waals surface area contributed by atoms with Crippen LogP contribution in [0, 0.1) is 0 Å². The molecular formula is C21H19ClN6O2S2. The lowest BCUT2D eigenvalue weighted by Gasteiger charge is -2.26. The van der Waals surface area contributed by atoms with Gasteiger partial charge in [0.15, 0.2) is 5.13 Å². The summed E-state index contributed by atoms with van der Waals surface area (Å²) in [7, 11) is 0. The number of hydrogen-bond donors (Lipinski definition) is 2. The molecule has 11 heteroatoms. The van der Waals surface area contributed by atoms with Crippen LogP contribution in [0.4, 0.5) is 11.1 Å². The summed E-state index contributed by atoms with van der Waals surface area (Å²) in [5, 5.41) is 3.98. The van der Waals surface area contributed by atoms with E-state index in [0.29, 0.717) is 26.2 Å². The average Bonchev–Trinajstić information content (AvgIpc) is 3.42. The number of nitrogens with two attached hydrogens (primary N) is 1. The highest BCUT2D eigenvalue weighted by molar-refractivity contribution is 7.22. The Labute approximate surface area is 197 Å². The molecule has 5 rings (SSSR count). The minimum atomic E-state index is -0.230. The minimum Gasteiger partial charge on any atom is -0.379 e. The smallest absolute Gasteiger partial charge is 0.267 e. The summed E-state index contributed by atoms with van der Waals surface area (Å²) in [5.41, 5.74) is 8.15. The Bertz CT molecular complexity index is 1280. The fourth-order valence-corrected chi connectivity index (χ4v) is 5.63. The number of fused-ring (bicyclic) bond motifs is 1. The number of rotatable bonds is 5. The van der Waals surface area contributed by atoms with Gasteiger partial charge in [0.1, 0.15) is 5.52 Å². The second-order valence-electron chi connectivity index (χ2n) is 7.25. The number of nitrogens with zero attached hydrogens (tertiary/aromatic N) is 4. The Morgan fingerprint density at radius 3 is 2.84 bits per heavy atom. The second-order valence-corrected chi connectivity index (χ2v) is 9.77. The lowest BCUT2D eigenvalue weighted by atomic mass is 10.2. The van der Waals surface area contributed by atoms with Crippen LogP contribution in [-0.4, -0.2) is 52.1 Å². The van der Waals surface area contributed by atoms with Gasteiger partial charge in [-0.1, -0.05) is 22.9 Å². The van der Waals surface area contributed by atoms with Gasteiger partial charge in [-0.3, -0.25) is 15.0 Å². The largest absolute Gasteiger partial charge is 0.379 e. The lowest BCUT2D eigenvalue weighted by molar-refractivity contribution is 0.0342. The van der Waals surface area contributed by atoms with Crippen LogP contribution in [0.5, 0.6) is 0 Å². The van der Waals surface area contributed by atoms with Gasteiger partial charge in [0.25, 0.3) is 5.91 Å². The van der Waals surface area contributed by atoms with E-state index in [2.05, 4.69) is 31.2 Å². The highest BCUT2D eigenvalue weighted by Crippen LogP contribution is 2.34. The standard InChI is InChI=1S/C21H19ClN6O2S2/c22-13-9-12(11-28-5-7-30-8-6-28)10-17-18(13)26-21(32-17)27-19(29)16-2-1-15(31-16)14-3-4-24-20(23)25-14/h1-4,9-10H,5-8,11H2,(H2,23,24,25)(H,26,27,29). The molecule has 164 valence electrons. The molecule has 1 amide bonds. The molecule has 0 saturated carbocycles. The predicted octanol–water partition coefficient (Wildman–Crippen LogP) is 4.13. The monoisotopic (exact) mass is 486 g/mol. The molecule has 1 aliphatic rings. The number of carbonyl (C=O) groups is 1. The Hall–Kier alpha value is -2.63. The maximum absolute atomic E-state index is 12.8. The zero-order valence-corrected chi connectivity index (χ0v) is 19.3. The number of nitrogen functional groups attached to an aromatic ring is 1. The van der Waals surface area contributed by atoms with Crippen LogP contribution in [0.15, 0.2) is 36.5 Å². The van der Waals surface area contributed by atoms with Crippen molar-refractivity contribution in [2.75, 3.05) is 37.4 Å². The number of hydrogen-bond acceptors (Lipinski definition) is 9. The van der Waals surface area contributed by atoms with Crippen molar-refractivity contribution in [3.8, 4) is 10.6 Å². The van der Waals surface area contributed by atoms with Crippen molar-refractivity contribution in [3.05, 3.63) is 52.0 Å². The highest BCUT2D eigenvalue weighted by Gasteiger charge is 2.17. The van der Waals surface area contributed by atoms with E-state index >= 15 is 0 Å². The van der Waals surface area contributed by atoms with E-state index in [-0.39, 0.29) is 11.9 Å². The van der Waals surface area contributed by atoms with Gasteiger partial charge in [-0.15, -0.1) is 11.3 Å². The maximum atomic E-state index is 12.8. The number of carbonyl (C=O) groups excluding carboxylic acids is 1. The molecule has 3 aromatic heterocycles. The van der Waals surface area contributed by atoms with Crippen LogP contribution >= 0.6 is 34.3 Å². The van der Waals surface area contributed by atoms with E-state index in [9.17, 15) is 4.79 Å². The molecule has 8 nitrogen and oxygen atoms in total. The van der Waals surface area contributed by atoms with Crippen molar-refractivity contribution < 1.29 is 9.53 Å². The topological polar surface area (TPSA) is 106 Å². The van der Waals surface area contributed by atoms with Crippen molar-refractivity contribution in [3.63, 3.8) is 0 Å². The zero-order valence-electron chi connectivity index (χ0n) is 16.9. The van der Waals surface area contributed by atoms with Gasteiger partial charge in [-0.05, 0) is 35.9 Å². The Morgan fingerprint density at radius 1 is 1.19 bits per heavy atom. The van der Waals surface area contributed by atoms with E-state index < -0.39 is 0 Å². The number of nitrogens with one attached hydrogen (secondary N) is 1. The van der Waals surface area contributed by atoms with Crippen molar-refractivity contribution in [2.45, 2.75) is 6.54 Å². The zero-order chi connectivity index (χ0) is 22.1. The molecule has 1 fully saturated rings. The first-order valence-electron chi connectivity index (χ1n) is 9.94. The van der Waals surface area contributed by atoms with Crippen LogP contribution in [0.3, 0.4) is 0 Å². The Kier molecular flexibility index (Phi) is 6.03. The third kappa shape index (κ3) is 4.59. The van der Waals surface area contributed by atoms with Crippen molar-refractivity contribution in [1.82, 2.24) is 19.9 Å². The van der Waals surface area contributed by atoms with Gasteiger partial charge in [-0.25, -0.2) is 15.0 Å². The van der Waals surface area contributed by atoms with E-state index in [1.54, 1.807) is 18.3 Å². The first kappa shape index (κ1) is 21.2. The number of ether oxygens (including phenoxy) is 1. The summed E-state index contributed by atoms with van der Waals surface area (Å²) in [6.07, 6.45) is 1.59. The van der Waals surface area contributed by atoms with E-state index in [4.69, 9.17) is 22.1 Å². The van der Waals surface area contributed by atoms with Gasteiger partial charge in [0.05, 0.1) is 38.4 Å². The number of thiophene rings is 1. The normalized spacial score (nSPS) is 14.7. The lowest BCUT2D eigenvalue weighted by Crippen LogP contribution is -2.35. The van der Waals surface area contributed by atoms with Gasteiger partial charge in [0.2, 0.25) is 5.95 Å². The first-order chi connectivity index (χ1) is 15.5. The molecule has 32 heavy (non-hydrogen) atoms. The minimum absolute atomic E-state index is 0.196. The van der Waals surface area contributed by atoms with Gasteiger partial charge < -0.3 is 10.5 Å². The fourth-order valence-electron chi connectivity index (χ4n) is 3.47. The molecule has 1 aliphatic heterocycles. The maximum Gasteiger partial charge on any atom is 0.267 e. The van der Waals surface area contributed by atoms with Crippen LogP contribution < -0.4 is 11.1 Å². The summed E-state index contributed by atoms with van der Waals surface area (Å²) in [6, 6.07) is 9.40. The number of halogens is 1. The van der Waals surface area contributed by atoms with E-state index in [1.807, 2.05) is 12.1 Å². The third-order valence-electron chi connectivity index (χ3n) is 5.00. The van der Waals surface area contributed by atoms with Crippen molar-refractivity contribution in [1.29, 1.82) is 0 Å². The molecule has 1 aromatic carbocycles. The summed E-state index contributed by atoms with van der Waals surface area (Å²) < 4.78 is 6.36. The molecule has 0 spiro atoms. The molecule has 0 bridgehead atoms. The number of amides is 1. The molecule has 3 N–H and O–H groups in total. The number of thiazole rings is 1. The predicted molar refractivity (Wildman–Crippen MR) is 128 cm³/mol. The third-order valence-corrected chi connectivity index (χ3v) is 7.31. The molecule has 4 aromatic rings. The number of benzene rings is 1. The average molecular weight is 487 g/mol. The van der Waals surface area contributed by atoms with Gasteiger partial charge in [-0.2, -0.15) is 0 Å². The molecular weight excluding hydrogens is 468 g/mol. The number of anilines is 2. The van der Waals surface area contributed by atoms with Gasteiger partial charge >= 0.3 is 0 Å². The van der Waals surface area contributed by atoms with Crippen LogP contribution in [0.1, 0.15) is 15.2 Å². The van der Waals surface area contributed by atoms with Gasteiger partial charge in [0, 0.05) is 25.8 Å². The molecule has 0 aliphatic carbocycles. The molecule has 0 atom stereocenters. The quantitative estimate of drug-likeness (QED) is 0.436. The first-order valence-corrected chi connectivity index (χ1v) is 12.0. The highest BCUT2D eigenvalue weighted by atomic mass is 35.5. The summed E-state index contributed by atoms with van der Waals surface area (Å²) >= 11 is 9.24. The van der Waals surface area contributed by atoms with Crippen LogP contribution in [0.2, 0.25) is 5.02 Å². The number of aromatic nitrogens is 3. The van der Waals surface area contributed by atoms with Crippen molar-refractivity contribution in [2.24, 2.45) is 0 Å². The van der Waals surface area contributed by atoms with Crippen molar-refractivity contribution >= 4 is 61.5 Å². The van der Waals surface area contributed by atoms with E-state index in [1.165, 1.54) is 22.7 Å². The second kappa shape index (κ2) is 9.08. The van der Waals surface area contributed by atoms with E-state index in [0.717, 1.165) is 48.0 Å². The molecule has 1 saturated heterocycles.